The van der Waals surface area contributed by atoms with Crippen LogP contribution in [0.1, 0.15) is 57.6 Å². The van der Waals surface area contributed by atoms with E-state index >= 15 is 0 Å². The molecule has 0 amide bonds. The van der Waals surface area contributed by atoms with E-state index in [0.29, 0.717) is 0 Å². The summed E-state index contributed by atoms with van der Waals surface area (Å²) in [4.78, 5) is 2.31. The van der Waals surface area contributed by atoms with Crippen LogP contribution < -0.4 is 10.2 Å². The molecule has 118 valence electrons. The minimum atomic E-state index is -0.145. The first kappa shape index (κ1) is 16.3. The molecule has 0 saturated heterocycles. The van der Waals surface area contributed by atoms with Gasteiger partial charge in [0.2, 0.25) is 0 Å². The first-order valence-electron chi connectivity index (χ1n) is 8.35. The molecule has 1 aliphatic rings. The van der Waals surface area contributed by atoms with Crippen molar-refractivity contribution in [3.05, 3.63) is 29.6 Å². The molecule has 0 radical (unpaired) electrons. The van der Waals surface area contributed by atoms with Gasteiger partial charge in [-0.05, 0) is 62.4 Å². The minimum Gasteiger partial charge on any atom is -0.374 e. The Morgan fingerprint density at radius 1 is 1.33 bits per heavy atom. The summed E-state index contributed by atoms with van der Waals surface area (Å²) < 4.78 is 13.7. The fourth-order valence-corrected chi connectivity index (χ4v) is 3.37. The summed E-state index contributed by atoms with van der Waals surface area (Å²) in [7, 11) is 2.14. The van der Waals surface area contributed by atoms with Gasteiger partial charge in [0.05, 0.1) is 0 Å². The molecule has 1 unspecified atom stereocenters. The van der Waals surface area contributed by atoms with Crippen molar-refractivity contribution in [1.29, 1.82) is 0 Å². The van der Waals surface area contributed by atoms with Crippen LogP contribution in [0.25, 0.3) is 0 Å². The number of anilines is 1. The summed E-state index contributed by atoms with van der Waals surface area (Å²) in [6.07, 6.45) is 6.49. The largest absolute Gasteiger partial charge is 0.374 e. The van der Waals surface area contributed by atoms with Gasteiger partial charge < -0.3 is 10.2 Å². The van der Waals surface area contributed by atoms with Crippen molar-refractivity contribution >= 4 is 5.69 Å². The molecule has 0 bridgehead atoms. The SMILES string of the molecule is CCCNC(C)c1cc(F)ccc1N(C)CC1CCCC1. The molecule has 0 spiro atoms. The highest BCUT2D eigenvalue weighted by Crippen LogP contribution is 2.30. The van der Waals surface area contributed by atoms with Gasteiger partial charge in [0, 0.05) is 25.3 Å². The molecular formula is C18H29FN2. The Morgan fingerprint density at radius 3 is 2.71 bits per heavy atom. The number of nitrogens with one attached hydrogen (secondary N) is 1. The third-order valence-corrected chi connectivity index (χ3v) is 4.57. The Hall–Kier alpha value is -1.09. The van der Waals surface area contributed by atoms with Crippen molar-refractivity contribution in [2.45, 2.75) is 52.0 Å². The Labute approximate surface area is 128 Å². The molecule has 0 heterocycles. The van der Waals surface area contributed by atoms with Crippen LogP contribution in [0.5, 0.6) is 0 Å². The molecule has 2 nitrogen and oxygen atoms in total. The van der Waals surface area contributed by atoms with E-state index in [-0.39, 0.29) is 11.9 Å². The molecule has 1 fully saturated rings. The Kier molecular flexibility index (Phi) is 6.04. The van der Waals surface area contributed by atoms with Crippen LogP contribution in [0.3, 0.4) is 0 Å². The maximum Gasteiger partial charge on any atom is 0.123 e. The average Bonchev–Trinajstić information content (AvgIpc) is 2.97. The van der Waals surface area contributed by atoms with Crippen LogP contribution in [0, 0.1) is 11.7 Å². The van der Waals surface area contributed by atoms with E-state index in [1.807, 2.05) is 6.07 Å². The fraction of sp³-hybridized carbons (Fsp3) is 0.667. The Balaban J connectivity index is 2.12. The molecule has 1 aromatic carbocycles. The predicted molar refractivity (Wildman–Crippen MR) is 88.3 cm³/mol. The molecular weight excluding hydrogens is 263 g/mol. The molecule has 1 aliphatic carbocycles. The highest BCUT2D eigenvalue weighted by molar-refractivity contribution is 5.54. The normalized spacial score (nSPS) is 17.1. The Bertz CT molecular complexity index is 441. The number of rotatable bonds is 7. The summed E-state index contributed by atoms with van der Waals surface area (Å²) in [5, 5.41) is 3.47. The van der Waals surface area contributed by atoms with Crippen molar-refractivity contribution in [1.82, 2.24) is 5.32 Å². The van der Waals surface area contributed by atoms with E-state index in [4.69, 9.17) is 0 Å². The second kappa shape index (κ2) is 7.79. The fourth-order valence-electron chi connectivity index (χ4n) is 3.37. The van der Waals surface area contributed by atoms with Crippen LogP contribution >= 0.6 is 0 Å². The highest BCUT2D eigenvalue weighted by atomic mass is 19.1. The second-order valence-corrected chi connectivity index (χ2v) is 6.41. The quantitative estimate of drug-likeness (QED) is 0.795. The van der Waals surface area contributed by atoms with Crippen LogP contribution in [0.4, 0.5) is 10.1 Å². The second-order valence-electron chi connectivity index (χ2n) is 6.41. The third-order valence-electron chi connectivity index (χ3n) is 4.57. The third kappa shape index (κ3) is 4.44. The molecule has 2 rings (SSSR count). The Morgan fingerprint density at radius 2 is 2.05 bits per heavy atom. The predicted octanol–water partition coefficient (Wildman–Crippen LogP) is 4.51. The van der Waals surface area contributed by atoms with Gasteiger partial charge in [-0.1, -0.05) is 19.8 Å². The number of hydrogen-bond donors (Lipinski definition) is 1. The molecule has 1 atom stereocenters. The van der Waals surface area contributed by atoms with Gasteiger partial charge in [0.15, 0.2) is 0 Å². The van der Waals surface area contributed by atoms with Crippen molar-refractivity contribution in [3.63, 3.8) is 0 Å². The van der Waals surface area contributed by atoms with Gasteiger partial charge in [-0.25, -0.2) is 4.39 Å². The first-order chi connectivity index (χ1) is 10.1. The standard InChI is InChI=1S/C18H29FN2/c1-4-11-20-14(2)17-12-16(19)9-10-18(17)21(3)13-15-7-5-6-8-15/h9-10,12,14-15,20H,4-8,11,13H2,1-3H3. The molecule has 0 aliphatic heterocycles. The molecule has 0 aromatic heterocycles. The number of hydrogen-bond acceptors (Lipinski definition) is 2. The van der Waals surface area contributed by atoms with Gasteiger partial charge in [0.1, 0.15) is 5.82 Å². The van der Waals surface area contributed by atoms with Crippen LogP contribution in [0.15, 0.2) is 18.2 Å². The monoisotopic (exact) mass is 292 g/mol. The van der Waals surface area contributed by atoms with Crippen molar-refractivity contribution in [3.8, 4) is 0 Å². The maximum atomic E-state index is 13.7. The van der Waals surface area contributed by atoms with E-state index in [9.17, 15) is 4.39 Å². The van der Waals surface area contributed by atoms with Crippen molar-refractivity contribution < 1.29 is 4.39 Å². The van der Waals surface area contributed by atoms with E-state index in [1.54, 1.807) is 12.1 Å². The van der Waals surface area contributed by atoms with E-state index in [2.05, 4.69) is 31.1 Å². The zero-order valence-electron chi connectivity index (χ0n) is 13.7. The summed E-state index contributed by atoms with van der Waals surface area (Å²) in [6, 6.07) is 5.38. The van der Waals surface area contributed by atoms with Gasteiger partial charge in [0.25, 0.3) is 0 Å². The van der Waals surface area contributed by atoms with Gasteiger partial charge in [-0.2, -0.15) is 0 Å². The van der Waals surface area contributed by atoms with Crippen LogP contribution in [-0.2, 0) is 0 Å². The zero-order valence-corrected chi connectivity index (χ0v) is 13.7. The lowest BCUT2D eigenvalue weighted by Gasteiger charge is -2.28. The van der Waals surface area contributed by atoms with E-state index in [0.717, 1.165) is 31.0 Å². The van der Waals surface area contributed by atoms with Crippen molar-refractivity contribution in [2.24, 2.45) is 5.92 Å². The molecule has 21 heavy (non-hydrogen) atoms. The molecule has 1 saturated carbocycles. The smallest absolute Gasteiger partial charge is 0.123 e. The van der Waals surface area contributed by atoms with Gasteiger partial charge >= 0.3 is 0 Å². The maximum absolute atomic E-state index is 13.7. The minimum absolute atomic E-state index is 0.145. The molecule has 1 aromatic rings. The summed E-state index contributed by atoms with van der Waals surface area (Å²) in [5.74, 6) is 0.653. The number of nitrogens with zero attached hydrogens (tertiary/aromatic N) is 1. The van der Waals surface area contributed by atoms with E-state index in [1.165, 1.54) is 31.4 Å². The summed E-state index contributed by atoms with van der Waals surface area (Å²) in [5.41, 5.74) is 2.24. The summed E-state index contributed by atoms with van der Waals surface area (Å²) in [6.45, 7) is 6.32. The molecule has 1 N–H and O–H groups in total. The highest BCUT2D eigenvalue weighted by Gasteiger charge is 2.20. The number of benzene rings is 1. The number of halogens is 1. The lowest BCUT2D eigenvalue weighted by molar-refractivity contribution is 0.537. The van der Waals surface area contributed by atoms with E-state index < -0.39 is 0 Å². The van der Waals surface area contributed by atoms with Gasteiger partial charge in [-0.3, -0.25) is 0 Å². The van der Waals surface area contributed by atoms with Gasteiger partial charge in [-0.15, -0.1) is 0 Å². The van der Waals surface area contributed by atoms with Crippen molar-refractivity contribution in [2.75, 3.05) is 25.0 Å². The van der Waals surface area contributed by atoms with Crippen LogP contribution in [-0.4, -0.2) is 20.1 Å². The lowest BCUT2D eigenvalue weighted by Crippen LogP contribution is -2.27. The molecule has 3 heteroatoms. The summed E-state index contributed by atoms with van der Waals surface area (Å²) >= 11 is 0. The first-order valence-corrected chi connectivity index (χ1v) is 8.35. The van der Waals surface area contributed by atoms with Crippen LogP contribution in [0.2, 0.25) is 0 Å². The average molecular weight is 292 g/mol. The topological polar surface area (TPSA) is 15.3 Å². The lowest BCUT2D eigenvalue weighted by atomic mass is 10.0. The zero-order chi connectivity index (χ0) is 15.2.